The van der Waals surface area contributed by atoms with E-state index in [-0.39, 0.29) is 28.3 Å². The molecule has 1 spiro atoms. The summed E-state index contributed by atoms with van der Waals surface area (Å²) in [6.45, 7) is 6.71. The average molecular weight is 568 g/mol. The molecule has 3 aliphatic rings. The van der Waals surface area contributed by atoms with Crippen molar-refractivity contribution >= 4 is 23.6 Å². The summed E-state index contributed by atoms with van der Waals surface area (Å²) in [5.74, 6) is -0.125. The number of aromatic nitrogens is 3. The zero-order valence-electron chi connectivity index (χ0n) is 24.8. The van der Waals surface area contributed by atoms with Crippen molar-refractivity contribution in [1.82, 2.24) is 20.5 Å². The fourth-order valence-electron chi connectivity index (χ4n) is 6.74. The second-order valence-corrected chi connectivity index (χ2v) is 13.3. The number of benzene rings is 1. The summed E-state index contributed by atoms with van der Waals surface area (Å²) in [5.41, 5.74) is 5.07. The van der Waals surface area contributed by atoms with E-state index in [1.54, 1.807) is 12.3 Å². The van der Waals surface area contributed by atoms with Crippen molar-refractivity contribution in [2.24, 2.45) is 10.8 Å². The van der Waals surface area contributed by atoms with Crippen molar-refractivity contribution in [2.45, 2.75) is 65.2 Å². The number of nitrogens with one attached hydrogen (secondary N) is 2. The molecule has 0 saturated heterocycles. The molecule has 1 aromatic carbocycles. The first-order valence-electron chi connectivity index (χ1n) is 14.8. The lowest BCUT2D eigenvalue weighted by atomic mass is 9.67. The summed E-state index contributed by atoms with van der Waals surface area (Å²) >= 11 is 0. The number of carbonyl (C=O) groups is 2. The maximum atomic E-state index is 14.0. The van der Waals surface area contributed by atoms with E-state index in [0.29, 0.717) is 35.7 Å². The number of nitrogens with zero attached hydrogens (tertiary/aromatic N) is 3. The molecule has 1 saturated carbocycles. The molecule has 3 aromatic rings. The van der Waals surface area contributed by atoms with Crippen LogP contribution in [-0.2, 0) is 4.79 Å². The number of hydrogen-bond acceptors (Lipinski definition) is 5. The number of rotatable bonds is 5. The Kier molecular flexibility index (Phi) is 7.11. The Labute approximate surface area is 246 Å². The third-order valence-electron chi connectivity index (χ3n) is 8.89. The minimum atomic E-state index is -0.434. The van der Waals surface area contributed by atoms with Crippen LogP contribution in [0.3, 0.4) is 0 Å². The molecule has 1 amide bonds. The van der Waals surface area contributed by atoms with E-state index in [1.165, 1.54) is 12.1 Å². The van der Waals surface area contributed by atoms with Gasteiger partial charge in [-0.25, -0.2) is 4.39 Å². The van der Waals surface area contributed by atoms with E-state index in [1.807, 2.05) is 42.3 Å². The van der Waals surface area contributed by atoms with Gasteiger partial charge in [0.2, 0.25) is 0 Å². The van der Waals surface area contributed by atoms with Gasteiger partial charge in [-0.2, -0.15) is 5.10 Å². The van der Waals surface area contributed by atoms with Crippen LogP contribution in [0.4, 0.5) is 10.2 Å². The molecule has 1 atom stereocenters. The van der Waals surface area contributed by atoms with E-state index in [0.717, 1.165) is 54.5 Å². The number of ketones is 1. The van der Waals surface area contributed by atoms with Gasteiger partial charge in [0.25, 0.3) is 5.91 Å². The third kappa shape index (κ3) is 5.30. The molecule has 218 valence electrons. The fourth-order valence-corrected chi connectivity index (χ4v) is 6.74. The summed E-state index contributed by atoms with van der Waals surface area (Å²) in [7, 11) is 1.96. The summed E-state index contributed by atoms with van der Waals surface area (Å²) in [6, 6.07) is 10.2. The summed E-state index contributed by atoms with van der Waals surface area (Å²) in [4.78, 5) is 34.0. The molecule has 0 radical (unpaired) electrons. The van der Waals surface area contributed by atoms with Gasteiger partial charge in [-0.3, -0.25) is 19.7 Å². The number of Topliss-reactive ketones (excluding diaryl/α,β-unsaturated/α-hetero) is 1. The summed E-state index contributed by atoms with van der Waals surface area (Å²) < 4.78 is 13.7. The van der Waals surface area contributed by atoms with Crippen LogP contribution < -0.4 is 10.2 Å². The number of halogens is 1. The number of anilines is 1. The molecular weight excluding hydrogens is 529 g/mol. The molecule has 2 aliphatic carbocycles. The number of H-pyrrole nitrogens is 1. The van der Waals surface area contributed by atoms with Gasteiger partial charge in [-0.1, -0.05) is 57.9 Å². The van der Waals surface area contributed by atoms with Crippen LogP contribution in [0, 0.1) is 16.6 Å². The molecule has 3 heterocycles. The highest BCUT2D eigenvalue weighted by Gasteiger charge is 2.48. The molecule has 1 fully saturated rings. The maximum Gasteiger partial charge on any atom is 0.269 e. The molecule has 2 aromatic heterocycles. The smallest absolute Gasteiger partial charge is 0.269 e. The first-order valence-corrected chi connectivity index (χ1v) is 14.8. The molecule has 1 aliphatic heterocycles. The van der Waals surface area contributed by atoms with Crippen LogP contribution in [0.5, 0.6) is 0 Å². The maximum absolute atomic E-state index is 14.0. The van der Waals surface area contributed by atoms with Crippen LogP contribution in [0.1, 0.15) is 87.0 Å². The number of hydrogen-bond donors (Lipinski definition) is 2. The van der Waals surface area contributed by atoms with E-state index in [9.17, 15) is 14.0 Å². The Hall–Kier alpha value is -4.07. The zero-order valence-corrected chi connectivity index (χ0v) is 24.8. The van der Waals surface area contributed by atoms with Crippen LogP contribution in [0.15, 0.2) is 59.9 Å². The molecule has 8 heteroatoms. The van der Waals surface area contributed by atoms with Crippen molar-refractivity contribution < 1.29 is 14.0 Å². The minimum Gasteiger partial charge on any atom is -0.350 e. The molecular formula is C34H38FN5O2. The monoisotopic (exact) mass is 567 g/mol. The van der Waals surface area contributed by atoms with Crippen LogP contribution >= 0.6 is 0 Å². The molecule has 7 nitrogen and oxygen atoms in total. The normalized spacial score (nSPS) is 19.9. The number of aromatic amines is 1. The fraction of sp³-hybridized carbons (Fsp3) is 0.412. The molecule has 42 heavy (non-hydrogen) atoms. The lowest BCUT2D eigenvalue weighted by molar-refractivity contribution is -0.118. The Morgan fingerprint density at radius 3 is 2.64 bits per heavy atom. The van der Waals surface area contributed by atoms with Gasteiger partial charge in [0, 0.05) is 54.5 Å². The number of allylic oxidation sites excluding steroid dienone is 3. The van der Waals surface area contributed by atoms with Crippen LogP contribution in [0.25, 0.3) is 17.2 Å². The highest BCUT2D eigenvalue weighted by Crippen LogP contribution is 2.55. The number of pyridine rings is 1. The SMILES string of the molecule is CN1C2=C(C(=O)CC3(CCCC3)C2)C(C=Cc2ccc(-c3cccc(F)c3)cn2)c2c1n[nH]c2C(=O)NCC(C)(C)C. The van der Waals surface area contributed by atoms with E-state index >= 15 is 0 Å². The third-order valence-corrected chi connectivity index (χ3v) is 8.89. The largest absolute Gasteiger partial charge is 0.350 e. The van der Waals surface area contributed by atoms with Gasteiger partial charge in [0.05, 0.1) is 5.69 Å². The highest BCUT2D eigenvalue weighted by molar-refractivity contribution is 6.04. The summed E-state index contributed by atoms with van der Waals surface area (Å²) in [5, 5.41) is 10.7. The standard InChI is InChI=1S/C34H38FN5O2/c1-33(2,3)20-37-32(42)30-29-25(13-12-24-11-10-22(19-36-24)21-8-7-9-23(35)16-21)28-26(40(4)31(29)39-38-30)17-34(18-27(28)41)14-5-6-15-34/h7-13,16,19,25H,5-6,14-15,17-18,20H2,1-4H3,(H,37,42)(H,38,39). The number of amides is 1. The topological polar surface area (TPSA) is 91.0 Å². The average Bonchev–Trinajstić information content (AvgIpc) is 3.60. The van der Waals surface area contributed by atoms with Crippen molar-refractivity contribution in [3.05, 3.63) is 82.7 Å². The second kappa shape index (κ2) is 10.6. The zero-order chi connectivity index (χ0) is 29.6. The minimum absolute atomic E-state index is 0.0213. The lowest BCUT2D eigenvalue weighted by Crippen LogP contribution is -2.39. The van der Waals surface area contributed by atoms with Crippen LogP contribution in [0.2, 0.25) is 0 Å². The van der Waals surface area contributed by atoms with Gasteiger partial charge in [-0.15, -0.1) is 0 Å². The lowest BCUT2D eigenvalue weighted by Gasteiger charge is -2.42. The molecule has 0 bridgehead atoms. The Bertz CT molecular complexity index is 1590. The Morgan fingerprint density at radius 2 is 1.95 bits per heavy atom. The number of carbonyl (C=O) groups excluding carboxylic acids is 2. The first-order chi connectivity index (χ1) is 20.0. The predicted molar refractivity (Wildman–Crippen MR) is 162 cm³/mol. The second-order valence-electron chi connectivity index (χ2n) is 13.3. The van der Waals surface area contributed by atoms with E-state index < -0.39 is 5.92 Å². The molecule has 1 unspecified atom stereocenters. The van der Waals surface area contributed by atoms with Crippen molar-refractivity contribution in [1.29, 1.82) is 0 Å². The van der Waals surface area contributed by atoms with Crippen molar-refractivity contribution in [3.8, 4) is 11.1 Å². The first kappa shape index (κ1) is 28.1. The molecule has 6 rings (SSSR count). The van der Waals surface area contributed by atoms with Gasteiger partial charge >= 0.3 is 0 Å². The van der Waals surface area contributed by atoms with Gasteiger partial charge < -0.3 is 10.2 Å². The van der Waals surface area contributed by atoms with E-state index in [2.05, 4.69) is 41.3 Å². The predicted octanol–water partition coefficient (Wildman–Crippen LogP) is 6.81. The Morgan fingerprint density at radius 1 is 1.17 bits per heavy atom. The van der Waals surface area contributed by atoms with Crippen molar-refractivity contribution in [3.63, 3.8) is 0 Å². The number of fused-ring (bicyclic) bond motifs is 1. The van der Waals surface area contributed by atoms with Gasteiger partial charge in [-0.05, 0) is 59.9 Å². The Balaban J connectivity index is 1.38. The van der Waals surface area contributed by atoms with Gasteiger partial charge in [0.15, 0.2) is 11.6 Å². The van der Waals surface area contributed by atoms with Crippen molar-refractivity contribution in [2.75, 3.05) is 18.5 Å². The highest BCUT2D eigenvalue weighted by atomic mass is 19.1. The summed E-state index contributed by atoms with van der Waals surface area (Å²) in [6.07, 6.45) is 11.4. The molecule has 2 N–H and O–H groups in total. The van der Waals surface area contributed by atoms with Crippen LogP contribution in [-0.4, -0.2) is 40.5 Å². The quantitative estimate of drug-likeness (QED) is 0.353. The van der Waals surface area contributed by atoms with E-state index in [4.69, 9.17) is 0 Å². The van der Waals surface area contributed by atoms with Gasteiger partial charge in [0.1, 0.15) is 11.5 Å².